The van der Waals surface area contributed by atoms with Crippen molar-refractivity contribution in [3.05, 3.63) is 12.2 Å². The molecule has 1 aliphatic rings. The second kappa shape index (κ2) is 3.94. The van der Waals surface area contributed by atoms with Crippen molar-refractivity contribution in [1.82, 2.24) is 10.6 Å². The van der Waals surface area contributed by atoms with Gasteiger partial charge in [0.2, 0.25) is 0 Å². The van der Waals surface area contributed by atoms with Crippen LogP contribution in [0.4, 0.5) is 13.6 Å². The smallest absolute Gasteiger partial charge is 0.315 e. The van der Waals surface area contributed by atoms with Crippen LogP contribution in [0.15, 0.2) is 12.2 Å². The Kier molecular flexibility index (Phi) is 3.08. The molecule has 5 heteroatoms. The quantitative estimate of drug-likeness (QED) is 0.674. The lowest BCUT2D eigenvalue weighted by Gasteiger charge is -2.35. The van der Waals surface area contributed by atoms with Gasteiger partial charge in [-0.25, -0.2) is 13.6 Å². The Balaban J connectivity index is 2.14. The summed E-state index contributed by atoms with van der Waals surface area (Å²) in [6, 6.07) is -0.802. The number of urea groups is 1. The minimum absolute atomic E-state index is 0.256. The third-order valence-corrected chi connectivity index (χ3v) is 1.98. The fraction of sp³-hybridized carbons (Fsp3) is 0.667. The maximum Gasteiger partial charge on any atom is 0.315 e. The predicted octanol–water partition coefficient (Wildman–Crippen LogP) is 1.66. The summed E-state index contributed by atoms with van der Waals surface area (Å²) >= 11 is 0. The lowest BCUT2D eigenvalue weighted by Crippen LogP contribution is -2.53. The van der Waals surface area contributed by atoms with Crippen molar-refractivity contribution in [2.75, 3.05) is 6.54 Å². The van der Waals surface area contributed by atoms with E-state index in [0.717, 1.165) is 5.57 Å². The highest BCUT2D eigenvalue weighted by Crippen LogP contribution is 2.37. The molecular formula is C9H14F2N2O. The van der Waals surface area contributed by atoms with E-state index >= 15 is 0 Å². The summed E-state index contributed by atoms with van der Waals surface area (Å²) in [6.45, 7) is 5.75. The normalized spacial score (nSPS) is 19.6. The SMILES string of the molecule is C=C(C)CNC(=O)NC1CC(F)(F)C1. The zero-order valence-electron chi connectivity index (χ0n) is 8.07. The van der Waals surface area contributed by atoms with Gasteiger partial charge in [0.25, 0.3) is 5.92 Å². The van der Waals surface area contributed by atoms with E-state index in [2.05, 4.69) is 17.2 Å². The molecule has 0 saturated heterocycles. The first-order chi connectivity index (χ1) is 6.39. The second-order valence-electron chi connectivity index (χ2n) is 3.75. The van der Waals surface area contributed by atoms with Crippen molar-refractivity contribution >= 4 is 6.03 Å². The number of alkyl halides is 2. The van der Waals surface area contributed by atoms with Crippen LogP contribution >= 0.6 is 0 Å². The highest BCUT2D eigenvalue weighted by Gasteiger charge is 2.45. The van der Waals surface area contributed by atoms with Gasteiger partial charge < -0.3 is 10.6 Å². The number of nitrogens with one attached hydrogen (secondary N) is 2. The van der Waals surface area contributed by atoms with Crippen LogP contribution in [0.1, 0.15) is 19.8 Å². The highest BCUT2D eigenvalue weighted by atomic mass is 19.3. The molecule has 80 valence electrons. The molecule has 0 spiro atoms. The summed E-state index contributed by atoms with van der Waals surface area (Å²) in [7, 11) is 0. The van der Waals surface area contributed by atoms with Gasteiger partial charge in [0.15, 0.2) is 0 Å². The molecule has 2 amide bonds. The number of hydrogen-bond donors (Lipinski definition) is 2. The predicted molar refractivity (Wildman–Crippen MR) is 49.3 cm³/mol. The Bertz CT molecular complexity index is 245. The molecule has 2 N–H and O–H groups in total. The number of carbonyl (C=O) groups excluding carboxylic acids is 1. The molecule has 1 saturated carbocycles. The Morgan fingerprint density at radius 1 is 1.57 bits per heavy atom. The molecule has 0 bridgehead atoms. The zero-order valence-corrected chi connectivity index (χ0v) is 8.07. The number of hydrogen-bond acceptors (Lipinski definition) is 1. The van der Waals surface area contributed by atoms with E-state index in [0.29, 0.717) is 6.54 Å². The Hall–Kier alpha value is -1.13. The minimum Gasteiger partial charge on any atom is -0.335 e. The van der Waals surface area contributed by atoms with E-state index in [1.165, 1.54) is 0 Å². The first kappa shape index (κ1) is 10.9. The van der Waals surface area contributed by atoms with Crippen LogP contribution in [0.5, 0.6) is 0 Å². The molecule has 0 heterocycles. The summed E-state index contributed by atoms with van der Waals surface area (Å²) in [5, 5.41) is 4.97. The fourth-order valence-electron chi connectivity index (χ4n) is 1.23. The van der Waals surface area contributed by atoms with Gasteiger partial charge in [-0.05, 0) is 6.92 Å². The van der Waals surface area contributed by atoms with Crippen LogP contribution in [0, 0.1) is 0 Å². The standard InChI is InChI=1S/C9H14F2N2O/c1-6(2)5-12-8(14)13-7-3-9(10,11)4-7/h7H,1,3-5H2,2H3,(H2,12,13,14). The van der Waals surface area contributed by atoms with Gasteiger partial charge >= 0.3 is 6.03 Å². The summed E-state index contributed by atoms with van der Waals surface area (Å²) < 4.78 is 24.7. The molecule has 1 fully saturated rings. The molecule has 0 aromatic heterocycles. The highest BCUT2D eigenvalue weighted by molar-refractivity contribution is 5.74. The van der Waals surface area contributed by atoms with Crippen LogP contribution in [-0.4, -0.2) is 24.5 Å². The molecule has 0 aliphatic heterocycles. The molecular weight excluding hydrogens is 190 g/mol. The topological polar surface area (TPSA) is 41.1 Å². The van der Waals surface area contributed by atoms with E-state index < -0.39 is 18.0 Å². The molecule has 14 heavy (non-hydrogen) atoms. The van der Waals surface area contributed by atoms with Crippen molar-refractivity contribution in [1.29, 1.82) is 0 Å². The van der Waals surface area contributed by atoms with Gasteiger partial charge in [-0.3, -0.25) is 0 Å². The van der Waals surface area contributed by atoms with Crippen molar-refractivity contribution in [3.8, 4) is 0 Å². The molecule has 3 nitrogen and oxygen atoms in total. The zero-order chi connectivity index (χ0) is 10.8. The molecule has 1 rings (SSSR count). The van der Waals surface area contributed by atoms with Gasteiger partial charge in [-0.15, -0.1) is 0 Å². The largest absolute Gasteiger partial charge is 0.335 e. The van der Waals surface area contributed by atoms with Crippen LogP contribution < -0.4 is 10.6 Å². The molecule has 1 aliphatic carbocycles. The monoisotopic (exact) mass is 204 g/mol. The average molecular weight is 204 g/mol. The summed E-state index contributed by atoms with van der Waals surface area (Å²) in [6.07, 6.45) is -0.513. The van der Waals surface area contributed by atoms with Crippen molar-refractivity contribution in [3.63, 3.8) is 0 Å². The van der Waals surface area contributed by atoms with E-state index in [-0.39, 0.29) is 12.8 Å². The van der Waals surface area contributed by atoms with Gasteiger partial charge in [0, 0.05) is 25.4 Å². The lowest BCUT2D eigenvalue weighted by atomic mass is 9.88. The third kappa shape index (κ3) is 3.32. The molecule has 0 unspecified atom stereocenters. The van der Waals surface area contributed by atoms with Crippen LogP contribution in [0.3, 0.4) is 0 Å². The molecule has 0 aromatic carbocycles. The van der Waals surface area contributed by atoms with Gasteiger partial charge in [0.05, 0.1) is 0 Å². The number of amides is 2. The Morgan fingerprint density at radius 3 is 2.57 bits per heavy atom. The van der Waals surface area contributed by atoms with Gasteiger partial charge in [0.1, 0.15) is 0 Å². The van der Waals surface area contributed by atoms with Crippen molar-refractivity contribution < 1.29 is 13.6 Å². The van der Waals surface area contributed by atoms with E-state index in [9.17, 15) is 13.6 Å². The maximum atomic E-state index is 12.4. The lowest BCUT2D eigenvalue weighted by molar-refractivity contribution is -0.0896. The maximum absolute atomic E-state index is 12.4. The van der Waals surface area contributed by atoms with E-state index in [4.69, 9.17) is 0 Å². The second-order valence-corrected chi connectivity index (χ2v) is 3.75. The molecule has 0 aromatic rings. The van der Waals surface area contributed by atoms with E-state index in [1.807, 2.05) is 0 Å². The Labute approximate surface area is 81.6 Å². The summed E-state index contributed by atoms with van der Waals surface area (Å²) in [4.78, 5) is 11.1. The molecule has 0 radical (unpaired) electrons. The summed E-state index contributed by atoms with van der Waals surface area (Å²) in [5.41, 5.74) is 0.819. The van der Waals surface area contributed by atoms with Crippen LogP contribution in [-0.2, 0) is 0 Å². The van der Waals surface area contributed by atoms with Gasteiger partial charge in [-0.1, -0.05) is 12.2 Å². The number of rotatable bonds is 3. The van der Waals surface area contributed by atoms with Crippen molar-refractivity contribution in [2.45, 2.75) is 31.7 Å². The van der Waals surface area contributed by atoms with Crippen LogP contribution in [0.25, 0.3) is 0 Å². The number of carbonyl (C=O) groups is 1. The number of halogens is 2. The van der Waals surface area contributed by atoms with Gasteiger partial charge in [-0.2, -0.15) is 0 Å². The van der Waals surface area contributed by atoms with Crippen molar-refractivity contribution in [2.24, 2.45) is 0 Å². The Morgan fingerprint density at radius 2 is 2.14 bits per heavy atom. The van der Waals surface area contributed by atoms with E-state index in [1.54, 1.807) is 6.92 Å². The fourth-order valence-corrected chi connectivity index (χ4v) is 1.23. The third-order valence-electron chi connectivity index (χ3n) is 1.98. The first-order valence-electron chi connectivity index (χ1n) is 4.46. The first-order valence-corrected chi connectivity index (χ1v) is 4.46. The summed E-state index contributed by atoms with van der Waals surface area (Å²) in [5.74, 6) is -2.59. The van der Waals surface area contributed by atoms with Crippen LogP contribution in [0.2, 0.25) is 0 Å². The molecule has 0 atom stereocenters. The minimum atomic E-state index is -2.59. The average Bonchev–Trinajstić information content (AvgIpc) is 1.97.